The maximum absolute atomic E-state index is 5.14. The van der Waals surface area contributed by atoms with Crippen LogP contribution >= 0.6 is 23.6 Å². The Kier molecular flexibility index (Phi) is 3.62. The molecule has 102 valence electrons. The summed E-state index contributed by atoms with van der Waals surface area (Å²) < 4.78 is 5.59. The molecule has 0 aliphatic rings. The molecule has 0 atom stereocenters. The molecular weight excluding hydrogens is 292 g/mol. The van der Waals surface area contributed by atoms with Gasteiger partial charge in [0.15, 0.2) is 5.82 Å². The van der Waals surface area contributed by atoms with Gasteiger partial charge in [0.2, 0.25) is 4.77 Å². The van der Waals surface area contributed by atoms with E-state index in [1.165, 1.54) is 5.56 Å². The molecule has 2 N–H and O–H groups in total. The van der Waals surface area contributed by atoms with Crippen LogP contribution in [0.2, 0.25) is 0 Å². The minimum atomic E-state index is 0.449. The van der Waals surface area contributed by atoms with Crippen molar-refractivity contribution in [3.05, 3.63) is 45.8 Å². The summed E-state index contributed by atoms with van der Waals surface area (Å²) in [5, 5.41) is 6.74. The highest BCUT2D eigenvalue weighted by molar-refractivity contribution is 7.71. The number of ether oxygens (including phenoxy) is 1. The van der Waals surface area contributed by atoms with Crippen molar-refractivity contribution in [2.45, 2.75) is 6.42 Å². The predicted octanol–water partition coefficient (Wildman–Crippen LogP) is 3.19. The number of benzene rings is 1. The topological polar surface area (TPSA) is 66.6 Å². The van der Waals surface area contributed by atoms with Crippen LogP contribution < -0.4 is 4.74 Å². The standard InChI is InChI=1S/C13H12N4OS2/c1-18-9-4-2-8(3-5-9)6-11-14-7-10(20-11)12-15-13(19)17-16-12/h2-5,7H,6H2,1H3,(H2,15,16,17,19). The summed E-state index contributed by atoms with van der Waals surface area (Å²) in [6, 6.07) is 7.99. The molecule has 0 bridgehead atoms. The average molecular weight is 304 g/mol. The summed E-state index contributed by atoms with van der Waals surface area (Å²) in [5.74, 6) is 1.59. The van der Waals surface area contributed by atoms with Gasteiger partial charge in [-0.15, -0.1) is 11.3 Å². The van der Waals surface area contributed by atoms with Crippen molar-refractivity contribution in [3.8, 4) is 16.5 Å². The van der Waals surface area contributed by atoms with E-state index in [4.69, 9.17) is 17.0 Å². The lowest BCUT2D eigenvalue weighted by Gasteiger charge is -2.01. The van der Waals surface area contributed by atoms with E-state index in [0.717, 1.165) is 27.9 Å². The van der Waals surface area contributed by atoms with Crippen LogP contribution in [-0.4, -0.2) is 27.3 Å². The quantitative estimate of drug-likeness (QED) is 0.726. The number of thiazole rings is 1. The average Bonchev–Trinajstić information content (AvgIpc) is 3.09. The van der Waals surface area contributed by atoms with Gasteiger partial charge in [0, 0.05) is 12.6 Å². The maximum Gasteiger partial charge on any atom is 0.213 e. The van der Waals surface area contributed by atoms with Crippen LogP contribution in [0.4, 0.5) is 0 Å². The van der Waals surface area contributed by atoms with Gasteiger partial charge in [-0.2, -0.15) is 4.98 Å². The van der Waals surface area contributed by atoms with Gasteiger partial charge in [0.1, 0.15) is 5.75 Å². The molecule has 0 fully saturated rings. The molecule has 3 rings (SSSR count). The van der Waals surface area contributed by atoms with Crippen LogP contribution in [-0.2, 0) is 6.42 Å². The molecule has 0 spiro atoms. The first-order chi connectivity index (χ1) is 9.74. The fourth-order valence-electron chi connectivity index (χ4n) is 1.81. The Morgan fingerprint density at radius 3 is 2.70 bits per heavy atom. The van der Waals surface area contributed by atoms with Crippen molar-refractivity contribution in [3.63, 3.8) is 0 Å². The van der Waals surface area contributed by atoms with Gasteiger partial charge in [-0.3, -0.25) is 10.2 Å². The van der Waals surface area contributed by atoms with E-state index >= 15 is 0 Å². The zero-order valence-electron chi connectivity index (χ0n) is 10.7. The molecule has 0 saturated carbocycles. The lowest BCUT2D eigenvalue weighted by Crippen LogP contribution is -1.87. The number of rotatable bonds is 4. The monoisotopic (exact) mass is 304 g/mol. The van der Waals surface area contributed by atoms with Gasteiger partial charge in [-0.1, -0.05) is 12.1 Å². The van der Waals surface area contributed by atoms with E-state index in [2.05, 4.69) is 20.2 Å². The lowest BCUT2D eigenvalue weighted by molar-refractivity contribution is 0.414. The summed E-state index contributed by atoms with van der Waals surface area (Å²) in [6.07, 6.45) is 2.60. The van der Waals surface area contributed by atoms with Crippen molar-refractivity contribution in [2.75, 3.05) is 7.11 Å². The highest BCUT2D eigenvalue weighted by Gasteiger charge is 2.08. The van der Waals surface area contributed by atoms with Crippen LogP contribution in [0.5, 0.6) is 5.75 Å². The van der Waals surface area contributed by atoms with Crippen molar-refractivity contribution in [2.24, 2.45) is 0 Å². The van der Waals surface area contributed by atoms with Crippen LogP contribution in [0.25, 0.3) is 10.7 Å². The fraction of sp³-hybridized carbons (Fsp3) is 0.154. The Balaban J connectivity index is 1.78. The zero-order valence-corrected chi connectivity index (χ0v) is 12.3. The van der Waals surface area contributed by atoms with Crippen molar-refractivity contribution in [1.82, 2.24) is 20.2 Å². The normalized spacial score (nSPS) is 10.7. The predicted molar refractivity (Wildman–Crippen MR) is 80.7 cm³/mol. The minimum Gasteiger partial charge on any atom is -0.497 e. The third-order valence-electron chi connectivity index (χ3n) is 2.80. The second-order valence-electron chi connectivity index (χ2n) is 4.16. The smallest absolute Gasteiger partial charge is 0.213 e. The molecule has 2 heterocycles. The molecule has 1 aromatic carbocycles. The fourth-order valence-corrected chi connectivity index (χ4v) is 2.85. The SMILES string of the molecule is COc1ccc(Cc2ncc(-c3nc(=S)[nH][nH]3)s2)cc1. The third kappa shape index (κ3) is 2.78. The molecule has 3 aromatic rings. The third-order valence-corrected chi connectivity index (χ3v) is 4.00. The van der Waals surface area contributed by atoms with Crippen molar-refractivity contribution in [1.29, 1.82) is 0 Å². The molecule has 0 radical (unpaired) electrons. The van der Waals surface area contributed by atoms with E-state index < -0.39 is 0 Å². The molecule has 0 amide bonds. The van der Waals surface area contributed by atoms with Gasteiger partial charge < -0.3 is 4.74 Å². The van der Waals surface area contributed by atoms with Crippen molar-refractivity contribution >= 4 is 23.6 Å². The van der Waals surface area contributed by atoms with E-state index in [1.54, 1.807) is 18.4 Å². The van der Waals surface area contributed by atoms with Gasteiger partial charge in [0.25, 0.3) is 0 Å². The Labute approximate surface area is 124 Å². The molecule has 20 heavy (non-hydrogen) atoms. The van der Waals surface area contributed by atoms with E-state index in [-0.39, 0.29) is 0 Å². The summed E-state index contributed by atoms with van der Waals surface area (Å²) >= 11 is 6.54. The van der Waals surface area contributed by atoms with Gasteiger partial charge in [0.05, 0.1) is 17.0 Å². The Morgan fingerprint density at radius 1 is 1.25 bits per heavy atom. The molecule has 0 unspecified atom stereocenters. The van der Waals surface area contributed by atoms with E-state index in [9.17, 15) is 0 Å². The number of methoxy groups -OCH3 is 1. The van der Waals surface area contributed by atoms with Crippen LogP contribution in [0, 0.1) is 4.77 Å². The summed E-state index contributed by atoms with van der Waals surface area (Å²) in [6.45, 7) is 0. The number of nitrogens with zero attached hydrogens (tertiary/aromatic N) is 2. The molecule has 0 aliphatic heterocycles. The number of aromatic amines is 2. The summed E-state index contributed by atoms with van der Waals surface area (Å²) in [4.78, 5) is 9.57. The van der Waals surface area contributed by atoms with Crippen LogP contribution in [0.1, 0.15) is 10.6 Å². The van der Waals surface area contributed by atoms with Crippen LogP contribution in [0.3, 0.4) is 0 Å². The van der Waals surface area contributed by atoms with Gasteiger partial charge in [-0.05, 0) is 29.9 Å². The zero-order chi connectivity index (χ0) is 13.9. The van der Waals surface area contributed by atoms with Gasteiger partial charge >= 0.3 is 0 Å². The largest absolute Gasteiger partial charge is 0.497 e. The highest BCUT2D eigenvalue weighted by atomic mass is 32.1. The molecule has 0 aliphatic carbocycles. The first-order valence-corrected chi connectivity index (χ1v) is 7.20. The van der Waals surface area contributed by atoms with E-state index in [1.807, 2.05) is 30.5 Å². The molecule has 0 saturated heterocycles. The first-order valence-electron chi connectivity index (χ1n) is 5.97. The summed E-state index contributed by atoms with van der Waals surface area (Å²) in [7, 11) is 1.66. The van der Waals surface area contributed by atoms with E-state index in [0.29, 0.717) is 4.77 Å². The Morgan fingerprint density at radius 2 is 2.05 bits per heavy atom. The Hall–Kier alpha value is -1.99. The first kappa shape index (κ1) is 13.0. The number of H-pyrrole nitrogens is 2. The second-order valence-corrected chi connectivity index (χ2v) is 5.66. The minimum absolute atomic E-state index is 0.449. The second kappa shape index (κ2) is 5.56. The molecule has 5 nitrogen and oxygen atoms in total. The van der Waals surface area contributed by atoms with Crippen LogP contribution in [0.15, 0.2) is 30.5 Å². The number of nitrogens with one attached hydrogen (secondary N) is 2. The maximum atomic E-state index is 5.14. The van der Waals surface area contributed by atoms with Gasteiger partial charge in [-0.25, -0.2) is 4.98 Å². The molecular formula is C13H12N4OS2. The summed E-state index contributed by atoms with van der Waals surface area (Å²) in [5.41, 5.74) is 1.20. The molecule has 2 aromatic heterocycles. The Bertz CT molecular complexity index is 757. The molecule has 7 heteroatoms. The number of hydrogen-bond acceptors (Lipinski definition) is 5. The van der Waals surface area contributed by atoms with Crippen molar-refractivity contribution < 1.29 is 4.74 Å². The number of hydrogen-bond donors (Lipinski definition) is 2. The number of aromatic nitrogens is 4. The lowest BCUT2D eigenvalue weighted by atomic mass is 10.1. The highest BCUT2D eigenvalue weighted by Crippen LogP contribution is 2.24.